The van der Waals surface area contributed by atoms with Crippen molar-refractivity contribution in [3.8, 4) is 16.3 Å². The van der Waals surface area contributed by atoms with Gasteiger partial charge in [-0.2, -0.15) is 0 Å². The molecule has 2 aromatic rings. The number of nitrogens with zero attached hydrogens (tertiary/aromatic N) is 1. The Hall–Kier alpha value is -1.39. The first-order valence-corrected chi connectivity index (χ1v) is 8.23. The van der Waals surface area contributed by atoms with Gasteiger partial charge in [0.1, 0.15) is 10.8 Å². The summed E-state index contributed by atoms with van der Waals surface area (Å²) in [6, 6.07) is 7.97. The molecule has 1 aromatic carbocycles. The number of thiazole rings is 1. The third-order valence-electron chi connectivity index (χ3n) is 3.15. The van der Waals surface area contributed by atoms with Crippen molar-refractivity contribution in [1.29, 1.82) is 0 Å². The van der Waals surface area contributed by atoms with Gasteiger partial charge >= 0.3 is 0 Å². The summed E-state index contributed by atoms with van der Waals surface area (Å²) in [6.45, 7) is 8.41. The minimum absolute atomic E-state index is 0.667. The van der Waals surface area contributed by atoms with Crippen LogP contribution in [0.4, 0.5) is 0 Å². The van der Waals surface area contributed by atoms with Gasteiger partial charge in [0.2, 0.25) is 0 Å². The van der Waals surface area contributed by atoms with Crippen molar-refractivity contribution in [1.82, 2.24) is 4.98 Å². The zero-order valence-corrected chi connectivity index (χ0v) is 14.0. The van der Waals surface area contributed by atoms with Crippen LogP contribution >= 0.6 is 11.3 Å². The molecule has 3 nitrogen and oxygen atoms in total. The molecule has 2 rings (SSSR count). The lowest BCUT2D eigenvalue weighted by molar-refractivity contribution is 0.0813. The molecule has 0 amide bonds. The van der Waals surface area contributed by atoms with E-state index in [1.807, 2.05) is 45.0 Å². The molecule has 0 fully saturated rings. The predicted molar refractivity (Wildman–Crippen MR) is 88.0 cm³/mol. The zero-order chi connectivity index (χ0) is 15.5. The Bertz CT molecular complexity index is 582. The van der Waals surface area contributed by atoms with Crippen LogP contribution < -0.4 is 4.74 Å². The fourth-order valence-electron chi connectivity index (χ4n) is 2.22. The highest BCUT2D eigenvalue weighted by Crippen LogP contribution is 2.35. The normalized spacial score (nSPS) is 11.7. The summed E-state index contributed by atoms with van der Waals surface area (Å²) in [5.41, 5.74) is 1.24. The van der Waals surface area contributed by atoms with E-state index in [2.05, 4.69) is 6.92 Å². The van der Waals surface area contributed by atoms with Crippen LogP contribution in [0.25, 0.3) is 10.6 Å². The average molecular weight is 305 g/mol. The van der Waals surface area contributed by atoms with E-state index < -0.39 is 5.60 Å². The van der Waals surface area contributed by atoms with Gasteiger partial charge in [-0.3, -0.25) is 0 Å². The molecule has 0 spiro atoms. The number of aryl methyl sites for hydroxylation is 1. The summed E-state index contributed by atoms with van der Waals surface area (Å²) < 4.78 is 5.46. The lowest BCUT2D eigenvalue weighted by atomic mass is 10.0. The van der Waals surface area contributed by atoms with Crippen molar-refractivity contribution < 1.29 is 9.84 Å². The van der Waals surface area contributed by atoms with Gasteiger partial charge < -0.3 is 9.84 Å². The van der Waals surface area contributed by atoms with Gasteiger partial charge in [-0.05, 0) is 51.5 Å². The highest BCUT2D eigenvalue weighted by molar-refractivity contribution is 7.15. The Labute approximate surface area is 130 Å². The number of benzene rings is 1. The summed E-state index contributed by atoms with van der Waals surface area (Å²) in [6.07, 6.45) is 1.92. The first-order valence-electron chi connectivity index (χ1n) is 7.41. The molecule has 0 bridgehead atoms. The molecular weight excluding hydrogens is 282 g/mol. The van der Waals surface area contributed by atoms with E-state index >= 15 is 0 Å². The SMILES string of the molecule is CCCc1nc(-c2ccc(OCC)cc2)sc1C(C)(C)O. The fraction of sp³-hybridized carbons (Fsp3) is 0.471. The quantitative estimate of drug-likeness (QED) is 0.860. The number of ether oxygens (including phenoxy) is 1. The second kappa shape index (κ2) is 6.58. The molecule has 1 N–H and O–H groups in total. The van der Waals surface area contributed by atoms with Crippen LogP contribution in [0.15, 0.2) is 24.3 Å². The maximum atomic E-state index is 10.3. The number of aliphatic hydroxyl groups is 1. The summed E-state index contributed by atoms with van der Waals surface area (Å²) in [5, 5.41) is 11.3. The fourth-order valence-corrected chi connectivity index (χ4v) is 3.34. The molecule has 0 atom stereocenters. The Kier molecular flexibility index (Phi) is 5.01. The topological polar surface area (TPSA) is 42.4 Å². The van der Waals surface area contributed by atoms with Crippen LogP contribution in [-0.4, -0.2) is 16.7 Å². The second-order valence-electron chi connectivity index (χ2n) is 5.56. The monoisotopic (exact) mass is 305 g/mol. The highest BCUT2D eigenvalue weighted by Gasteiger charge is 2.24. The Morgan fingerprint density at radius 2 is 1.86 bits per heavy atom. The molecular formula is C17H23NO2S. The summed E-state index contributed by atoms with van der Waals surface area (Å²) >= 11 is 1.58. The standard InChI is InChI=1S/C17H23NO2S/c1-5-7-14-15(17(3,4)19)21-16(18-14)12-8-10-13(11-9-12)20-6-2/h8-11,19H,5-7H2,1-4H3. The van der Waals surface area contributed by atoms with Crippen molar-refractivity contribution in [3.05, 3.63) is 34.8 Å². The Balaban J connectivity index is 2.35. The van der Waals surface area contributed by atoms with E-state index in [1.165, 1.54) is 0 Å². The van der Waals surface area contributed by atoms with Gasteiger partial charge in [-0.15, -0.1) is 11.3 Å². The van der Waals surface area contributed by atoms with Gasteiger partial charge in [0.05, 0.1) is 22.8 Å². The zero-order valence-electron chi connectivity index (χ0n) is 13.1. The number of hydrogen-bond acceptors (Lipinski definition) is 4. The first kappa shape index (κ1) is 16.0. The van der Waals surface area contributed by atoms with E-state index in [9.17, 15) is 5.11 Å². The van der Waals surface area contributed by atoms with Crippen LogP contribution in [0.1, 0.15) is 44.7 Å². The Morgan fingerprint density at radius 3 is 2.38 bits per heavy atom. The highest BCUT2D eigenvalue weighted by atomic mass is 32.1. The van der Waals surface area contributed by atoms with Crippen LogP contribution in [0.5, 0.6) is 5.75 Å². The molecule has 0 radical (unpaired) electrons. The van der Waals surface area contributed by atoms with Gasteiger partial charge in [0.25, 0.3) is 0 Å². The molecule has 114 valence electrons. The third kappa shape index (κ3) is 3.83. The van der Waals surface area contributed by atoms with Gasteiger partial charge in [0.15, 0.2) is 0 Å². The maximum absolute atomic E-state index is 10.3. The molecule has 0 aliphatic heterocycles. The van der Waals surface area contributed by atoms with Crippen LogP contribution in [0.3, 0.4) is 0 Å². The molecule has 1 heterocycles. The lowest BCUT2D eigenvalue weighted by Gasteiger charge is -2.16. The largest absolute Gasteiger partial charge is 0.494 e. The van der Waals surface area contributed by atoms with E-state index in [1.54, 1.807) is 11.3 Å². The van der Waals surface area contributed by atoms with E-state index in [0.29, 0.717) is 6.61 Å². The molecule has 0 unspecified atom stereocenters. The smallest absolute Gasteiger partial charge is 0.123 e. The van der Waals surface area contributed by atoms with E-state index in [-0.39, 0.29) is 0 Å². The van der Waals surface area contributed by atoms with Crippen LogP contribution in [0.2, 0.25) is 0 Å². The van der Waals surface area contributed by atoms with Crippen molar-refractivity contribution in [2.75, 3.05) is 6.61 Å². The molecule has 0 saturated carbocycles. The summed E-state index contributed by atoms with van der Waals surface area (Å²) in [5.74, 6) is 0.870. The second-order valence-corrected chi connectivity index (χ2v) is 6.56. The number of aromatic nitrogens is 1. The maximum Gasteiger partial charge on any atom is 0.123 e. The van der Waals surface area contributed by atoms with E-state index in [4.69, 9.17) is 9.72 Å². The average Bonchev–Trinajstić information content (AvgIpc) is 2.84. The number of rotatable bonds is 6. The Morgan fingerprint density at radius 1 is 1.19 bits per heavy atom. The lowest BCUT2D eigenvalue weighted by Crippen LogP contribution is -2.15. The summed E-state index contributed by atoms with van der Waals surface area (Å²) in [4.78, 5) is 5.70. The minimum atomic E-state index is -0.842. The minimum Gasteiger partial charge on any atom is -0.494 e. The first-order chi connectivity index (χ1) is 9.95. The molecule has 4 heteroatoms. The van der Waals surface area contributed by atoms with Crippen molar-refractivity contribution in [3.63, 3.8) is 0 Å². The molecule has 0 aliphatic rings. The molecule has 0 aliphatic carbocycles. The molecule has 1 aromatic heterocycles. The van der Waals surface area contributed by atoms with Gasteiger partial charge in [-0.25, -0.2) is 4.98 Å². The third-order valence-corrected chi connectivity index (χ3v) is 4.61. The number of hydrogen-bond donors (Lipinski definition) is 1. The predicted octanol–water partition coefficient (Wildman–Crippen LogP) is 4.39. The van der Waals surface area contributed by atoms with Crippen LogP contribution in [0, 0.1) is 0 Å². The van der Waals surface area contributed by atoms with Crippen molar-refractivity contribution in [2.24, 2.45) is 0 Å². The van der Waals surface area contributed by atoms with Crippen molar-refractivity contribution >= 4 is 11.3 Å². The van der Waals surface area contributed by atoms with E-state index in [0.717, 1.165) is 39.7 Å². The summed E-state index contributed by atoms with van der Waals surface area (Å²) in [7, 11) is 0. The van der Waals surface area contributed by atoms with Crippen LogP contribution in [-0.2, 0) is 12.0 Å². The van der Waals surface area contributed by atoms with Gasteiger partial charge in [0, 0.05) is 5.56 Å². The van der Waals surface area contributed by atoms with Crippen molar-refractivity contribution in [2.45, 2.75) is 46.1 Å². The molecule has 21 heavy (non-hydrogen) atoms. The molecule has 0 saturated heterocycles. The van der Waals surface area contributed by atoms with Gasteiger partial charge in [-0.1, -0.05) is 13.3 Å².